The van der Waals surface area contributed by atoms with E-state index < -0.39 is 5.60 Å². The molecule has 0 spiro atoms. The van der Waals surface area contributed by atoms with Gasteiger partial charge in [0.15, 0.2) is 11.5 Å². The maximum absolute atomic E-state index is 10.6. The quantitative estimate of drug-likeness (QED) is 0.811. The Kier molecular flexibility index (Phi) is 5.88. The summed E-state index contributed by atoms with van der Waals surface area (Å²) in [6.07, 6.45) is 5.02. The minimum absolute atomic E-state index is 0.340. The zero-order valence-corrected chi connectivity index (χ0v) is 13.2. The van der Waals surface area contributed by atoms with Gasteiger partial charge in [0, 0.05) is 12.1 Å². The van der Waals surface area contributed by atoms with E-state index in [1.807, 2.05) is 18.2 Å². The molecule has 0 radical (unpaired) electrons. The number of rotatable bonds is 7. The van der Waals surface area contributed by atoms with Crippen molar-refractivity contribution in [2.24, 2.45) is 0 Å². The maximum Gasteiger partial charge on any atom is 0.165 e. The minimum atomic E-state index is -0.686. The molecule has 0 heterocycles. The van der Waals surface area contributed by atoms with Crippen molar-refractivity contribution in [3.05, 3.63) is 23.8 Å². The lowest BCUT2D eigenvalue weighted by Gasteiger charge is -2.32. The lowest BCUT2D eigenvalue weighted by Crippen LogP contribution is -2.38. The van der Waals surface area contributed by atoms with E-state index in [1.54, 1.807) is 7.11 Å². The van der Waals surface area contributed by atoms with Gasteiger partial charge in [0.1, 0.15) is 6.61 Å². The summed E-state index contributed by atoms with van der Waals surface area (Å²) in [6, 6.07) is 5.90. The van der Waals surface area contributed by atoms with Gasteiger partial charge in [-0.2, -0.15) is 0 Å². The van der Waals surface area contributed by atoms with Crippen LogP contribution in [0.15, 0.2) is 18.2 Å². The van der Waals surface area contributed by atoms with Gasteiger partial charge in [0.25, 0.3) is 0 Å². The zero-order chi connectivity index (χ0) is 15.1. The molecule has 2 N–H and O–H groups in total. The fourth-order valence-corrected chi connectivity index (χ4v) is 2.85. The standard InChI is InChI=1S/C17H27NO3/c1-3-18-12-14-8-7-9-15(20-2)16(14)21-13-17(19)10-5-4-6-11-17/h7-9,18-19H,3-6,10-13H2,1-2H3. The molecule has 4 nitrogen and oxygen atoms in total. The predicted octanol–water partition coefficient (Wildman–Crippen LogP) is 2.88. The molecule has 0 amide bonds. The summed E-state index contributed by atoms with van der Waals surface area (Å²) >= 11 is 0. The third kappa shape index (κ3) is 4.35. The summed E-state index contributed by atoms with van der Waals surface area (Å²) in [5, 5.41) is 13.9. The Bertz CT molecular complexity index is 442. The normalized spacial score (nSPS) is 17.5. The highest BCUT2D eigenvalue weighted by molar-refractivity contribution is 5.46. The summed E-state index contributed by atoms with van der Waals surface area (Å²) in [6.45, 7) is 4.06. The summed E-state index contributed by atoms with van der Waals surface area (Å²) in [7, 11) is 1.65. The van der Waals surface area contributed by atoms with Gasteiger partial charge in [-0.3, -0.25) is 0 Å². The summed E-state index contributed by atoms with van der Waals surface area (Å²) < 4.78 is 11.4. The van der Waals surface area contributed by atoms with Crippen molar-refractivity contribution < 1.29 is 14.6 Å². The molecule has 2 rings (SSSR count). The number of benzene rings is 1. The highest BCUT2D eigenvalue weighted by atomic mass is 16.5. The third-order valence-electron chi connectivity index (χ3n) is 4.12. The van der Waals surface area contributed by atoms with Crippen molar-refractivity contribution in [3.8, 4) is 11.5 Å². The van der Waals surface area contributed by atoms with Crippen LogP contribution in [-0.4, -0.2) is 31.0 Å². The molecule has 0 aromatic heterocycles. The zero-order valence-electron chi connectivity index (χ0n) is 13.2. The van der Waals surface area contributed by atoms with E-state index in [-0.39, 0.29) is 0 Å². The van der Waals surface area contributed by atoms with Gasteiger partial charge >= 0.3 is 0 Å². The molecule has 1 aliphatic rings. The maximum atomic E-state index is 10.6. The Labute approximate surface area is 127 Å². The van der Waals surface area contributed by atoms with E-state index in [2.05, 4.69) is 12.2 Å². The first-order valence-corrected chi connectivity index (χ1v) is 7.90. The first-order chi connectivity index (χ1) is 10.2. The van der Waals surface area contributed by atoms with Crippen molar-refractivity contribution in [2.75, 3.05) is 20.3 Å². The molecule has 0 saturated heterocycles. The van der Waals surface area contributed by atoms with E-state index in [0.29, 0.717) is 6.61 Å². The molecule has 4 heteroatoms. The molecule has 118 valence electrons. The molecular formula is C17H27NO3. The molecule has 1 fully saturated rings. The molecule has 1 aromatic carbocycles. The van der Waals surface area contributed by atoms with Crippen molar-refractivity contribution in [1.82, 2.24) is 5.32 Å². The van der Waals surface area contributed by atoms with Crippen molar-refractivity contribution >= 4 is 0 Å². The molecule has 1 saturated carbocycles. The van der Waals surface area contributed by atoms with Gasteiger partial charge in [-0.25, -0.2) is 0 Å². The molecule has 0 unspecified atom stereocenters. The fourth-order valence-electron chi connectivity index (χ4n) is 2.85. The second kappa shape index (κ2) is 7.66. The highest BCUT2D eigenvalue weighted by Crippen LogP contribution is 2.34. The average Bonchev–Trinajstić information content (AvgIpc) is 2.51. The number of hydrogen-bond donors (Lipinski definition) is 2. The van der Waals surface area contributed by atoms with Crippen LogP contribution in [0.4, 0.5) is 0 Å². The van der Waals surface area contributed by atoms with Crippen LogP contribution in [0.3, 0.4) is 0 Å². The number of aliphatic hydroxyl groups is 1. The lowest BCUT2D eigenvalue weighted by atomic mass is 9.85. The average molecular weight is 293 g/mol. The predicted molar refractivity (Wildman–Crippen MR) is 83.9 cm³/mol. The Hall–Kier alpha value is -1.26. The van der Waals surface area contributed by atoms with E-state index >= 15 is 0 Å². The largest absolute Gasteiger partial charge is 0.493 e. The number of hydrogen-bond acceptors (Lipinski definition) is 4. The monoisotopic (exact) mass is 293 g/mol. The molecule has 0 aliphatic heterocycles. The van der Waals surface area contributed by atoms with Crippen LogP contribution in [0.5, 0.6) is 11.5 Å². The Morgan fingerprint density at radius 1 is 1.24 bits per heavy atom. The number of para-hydroxylation sites is 1. The Morgan fingerprint density at radius 3 is 2.67 bits per heavy atom. The van der Waals surface area contributed by atoms with Gasteiger partial charge < -0.3 is 19.9 Å². The van der Waals surface area contributed by atoms with Crippen LogP contribution < -0.4 is 14.8 Å². The van der Waals surface area contributed by atoms with E-state index in [0.717, 1.165) is 55.8 Å². The van der Waals surface area contributed by atoms with Crippen LogP contribution in [-0.2, 0) is 6.54 Å². The topological polar surface area (TPSA) is 50.7 Å². The molecule has 0 atom stereocenters. The van der Waals surface area contributed by atoms with Crippen molar-refractivity contribution in [2.45, 2.75) is 51.2 Å². The molecule has 21 heavy (non-hydrogen) atoms. The second-order valence-corrected chi connectivity index (χ2v) is 5.80. The number of methoxy groups -OCH3 is 1. The van der Waals surface area contributed by atoms with Crippen molar-refractivity contribution in [1.29, 1.82) is 0 Å². The summed E-state index contributed by atoms with van der Waals surface area (Å²) in [5.74, 6) is 1.48. The van der Waals surface area contributed by atoms with Crippen molar-refractivity contribution in [3.63, 3.8) is 0 Å². The fraction of sp³-hybridized carbons (Fsp3) is 0.647. The van der Waals surface area contributed by atoms with Crippen LogP contribution in [0.2, 0.25) is 0 Å². The van der Waals surface area contributed by atoms with E-state index in [9.17, 15) is 5.11 Å². The van der Waals surface area contributed by atoms with Crippen LogP contribution >= 0.6 is 0 Å². The third-order valence-corrected chi connectivity index (χ3v) is 4.12. The first kappa shape index (κ1) is 16.1. The molecule has 1 aromatic rings. The smallest absolute Gasteiger partial charge is 0.165 e. The summed E-state index contributed by atoms with van der Waals surface area (Å²) in [5.41, 5.74) is 0.379. The van der Waals surface area contributed by atoms with Crippen LogP contribution in [0.25, 0.3) is 0 Å². The number of nitrogens with one attached hydrogen (secondary N) is 1. The van der Waals surface area contributed by atoms with E-state index in [1.165, 1.54) is 6.42 Å². The van der Waals surface area contributed by atoms with Gasteiger partial charge in [-0.15, -0.1) is 0 Å². The molecular weight excluding hydrogens is 266 g/mol. The lowest BCUT2D eigenvalue weighted by molar-refractivity contribution is -0.0346. The van der Waals surface area contributed by atoms with Gasteiger partial charge in [-0.1, -0.05) is 38.3 Å². The molecule has 0 bridgehead atoms. The summed E-state index contributed by atoms with van der Waals surface area (Å²) in [4.78, 5) is 0. The Balaban J connectivity index is 2.09. The van der Waals surface area contributed by atoms with Gasteiger partial charge in [-0.05, 0) is 25.5 Å². The van der Waals surface area contributed by atoms with Crippen LogP contribution in [0.1, 0.15) is 44.6 Å². The van der Waals surface area contributed by atoms with Gasteiger partial charge in [0.05, 0.1) is 12.7 Å². The van der Waals surface area contributed by atoms with E-state index in [4.69, 9.17) is 9.47 Å². The van der Waals surface area contributed by atoms with Gasteiger partial charge in [0.2, 0.25) is 0 Å². The molecule has 1 aliphatic carbocycles. The number of ether oxygens (including phenoxy) is 2. The minimum Gasteiger partial charge on any atom is -0.493 e. The second-order valence-electron chi connectivity index (χ2n) is 5.80. The van der Waals surface area contributed by atoms with Crippen LogP contribution in [0, 0.1) is 0 Å². The SMILES string of the molecule is CCNCc1cccc(OC)c1OCC1(O)CCCCC1. The first-order valence-electron chi connectivity index (χ1n) is 7.90. The highest BCUT2D eigenvalue weighted by Gasteiger charge is 2.30. The Morgan fingerprint density at radius 2 is 2.00 bits per heavy atom.